The van der Waals surface area contributed by atoms with Crippen molar-refractivity contribution in [3.05, 3.63) is 34.3 Å². The summed E-state index contributed by atoms with van der Waals surface area (Å²) in [6.07, 6.45) is 9.21. The number of halogens is 1. The highest BCUT2D eigenvalue weighted by Crippen LogP contribution is 2.30. The molecule has 0 spiro atoms. The molecule has 0 N–H and O–H groups in total. The Balaban J connectivity index is 1.81. The first kappa shape index (κ1) is 15.1. The third-order valence-corrected chi connectivity index (χ3v) is 5.20. The Hall–Kier alpha value is -0.280. The van der Waals surface area contributed by atoms with Crippen LogP contribution in [0.1, 0.15) is 57.4 Å². The van der Waals surface area contributed by atoms with E-state index in [2.05, 4.69) is 47.1 Å². The van der Waals surface area contributed by atoms with Gasteiger partial charge in [0.2, 0.25) is 0 Å². The maximum Gasteiger partial charge on any atom is 0.0559 e. The van der Waals surface area contributed by atoms with Gasteiger partial charge in [0.05, 0.1) is 5.71 Å². The summed E-state index contributed by atoms with van der Waals surface area (Å²) in [5.74, 6) is 0. The van der Waals surface area contributed by atoms with Gasteiger partial charge < -0.3 is 0 Å². The Bertz CT molecular complexity index is 413. The van der Waals surface area contributed by atoms with Crippen LogP contribution in [0.3, 0.4) is 0 Å². The third kappa shape index (κ3) is 4.96. The van der Waals surface area contributed by atoms with E-state index in [1.807, 2.05) is 0 Å². The highest BCUT2D eigenvalue weighted by atomic mass is 79.9. The van der Waals surface area contributed by atoms with Gasteiger partial charge in [-0.3, -0.25) is 0 Å². The Labute approximate surface area is 129 Å². The van der Waals surface area contributed by atoms with Gasteiger partial charge in [-0.1, -0.05) is 60.7 Å². The van der Waals surface area contributed by atoms with Crippen molar-refractivity contribution in [2.75, 3.05) is 0 Å². The Kier molecular flexibility index (Phi) is 6.45. The zero-order chi connectivity index (χ0) is 13.5. The largest absolute Gasteiger partial charge is 0.220 e. The maximum absolute atomic E-state index is 4.73. The molecule has 104 valence electrons. The lowest BCUT2D eigenvalue weighted by molar-refractivity contribution is 0.603. The molecular formula is C16H22BrNS. The van der Waals surface area contributed by atoms with Crippen LogP contribution in [-0.4, -0.2) is 11.0 Å². The molecule has 1 aromatic carbocycles. The number of hydrogen-bond donors (Lipinski definition) is 0. The van der Waals surface area contributed by atoms with E-state index in [1.165, 1.54) is 49.8 Å². The molecule has 1 atom stereocenters. The Morgan fingerprint density at radius 3 is 2.63 bits per heavy atom. The molecule has 1 nitrogen and oxygen atoms in total. The van der Waals surface area contributed by atoms with Crippen LogP contribution >= 0.6 is 27.9 Å². The molecule has 2 rings (SSSR count). The predicted molar refractivity (Wildman–Crippen MR) is 90.1 cm³/mol. The second kappa shape index (κ2) is 8.11. The Morgan fingerprint density at radius 2 is 2.00 bits per heavy atom. The SMILES string of the molecule is CCCCCCC1CCC(c2ccc(Br)cc2)=NS1. The van der Waals surface area contributed by atoms with Crippen molar-refractivity contribution in [2.45, 2.75) is 57.1 Å². The van der Waals surface area contributed by atoms with Crippen LogP contribution in [0.15, 0.2) is 33.1 Å². The van der Waals surface area contributed by atoms with E-state index in [-0.39, 0.29) is 0 Å². The lowest BCUT2D eigenvalue weighted by Crippen LogP contribution is -2.12. The first-order chi connectivity index (χ1) is 9.29. The van der Waals surface area contributed by atoms with E-state index in [0.717, 1.165) is 16.1 Å². The molecule has 1 aliphatic rings. The van der Waals surface area contributed by atoms with Crippen LogP contribution in [-0.2, 0) is 0 Å². The summed E-state index contributed by atoms with van der Waals surface area (Å²) in [5, 5.41) is 0.746. The van der Waals surface area contributed by atoms with Gasteiger partial charge in [0.1, 0.15) is 0 Å². The summed E-state index contributed by atoms with van der Waals surface area (Å²) in [6.45, 7) is 2.27. The summed E-state index contributed by atoms with van der Waals surface area (Å²) in [4.78, 5) is 0. The minimum atomic E-state index is 0.746. The van der Waals surface area contributed by atoms with Crippen LogP contribution in [0.2, 0.25) is 0 Å². The van der Waals surface area contributed by atoms with Crippen molar-refractivity contribution in [3.8, 4) is 0 Å². The molecule has 0 aromatic heterocycles. The van der Waals surface area contributed by atoms with Crippen molar-refractivity contribution >= 4 is 33.6 Å². The first-order valence-electron chi connectivity index (χ1n) is 7.28. The molecule has 0 saturated carbocycles. The van der Waals surface area contributed by atoms with Crippen molar-refractivity contribution in [1.82, 2.24) is 0 Å². The fourth-order valence-corrected chi connectivity index (χ4v) is 3.60. The van der Waals surface area contributed by atoms with E-state index >= 15 is 0 Å². The van der Waals surface area contributed by atoms with Crippen molar-refractivity contribution in [1.29, 1.82) is 0 Å². The molecule has 0 saturated heterocycles. The quantitative estimate of drug-likeness (QED) is 0.456. The van der Waals surface area contributed by atoms with Crippen LogP contribution in [0.25, 0.3) is 0 Å². The number of unbranched alkanes of at least 4 members (excludes halogenated alkanes) is 3. The monoisotopic (exact) mass is 339 g/mol. The topological polar surface area (TPSA) is 12.4 Å². The van der Waals surface area contributed by atoms with Crippen LogP contribution in [0, 0.1) is 0 Å². The summed E-state index contributed by atoms with van der Waals surface area (Å²) >= 11 is 5.28. The number of hydrogen-bond acceptors (Lipinski definition) is 2. The average molecular weight is 340 g/mol. The molecule has 1 aliphatic heterocycles. The van der Waals surface area contributed by atoms with E-state index in [9.17, 15) is 0 Å². The van der Waals surface area contributed by atoms with Gasteiger partial charge in [0, 0.05) is 9.72 Å². The van der Waals surface area contributed by atoms with Crippen LogP contribution in [0.5, 0.6) is 0 Å². The van der Waals surface area contributed by atoms with Crippen molar-refractivity contribution in [2.24, 2.45) is 4.40 Å². The standard InChI is InChI=1S/C16H22BrNS/c1-2-3-4-5-6-15-11-12-16(18-19-15)13-7-9-14(17)10-8-13/h7-10,15H,2-6,11-12H2,1H3. The molecule has 0 aliphatic carbocycles. The molecular weight excluding hydrogens is 318 g/mol. The van der Waals surface area contributed by atoms with Gasteiger partial charge in [-0.2, -0.15) is 0 Å². The summed E-state index contributed by atoms with van der Waals surface area (Å²) in [6, 6.07) is 8.51. The van der Waals surface area contributed by atoms with Gasteiger partial charge in [-0.05, 0) is 48.9 Å². The number of rotatable bonds is 6. The predicted octanol–water partition coefficient (Wildman–Crippen LogP) is 6.02. The molecule has 0 radical (unpaired) electrons. The van der Waals surface area contributed by atoms with E-state index in [0.29, 0.717) is 0 Å². The fraction of sp³-hybridized carbons (Fsp3) is 0.562. The van der Waals surface area contributed by atoms with Crippen LogP contribution in [0.4, 0.5) is 0 Å². The lowest BCUT2D eigenvalue weighted by Gasteiger charge is -2.20. The molecule has 0 bridgehead atoms. The lowest BCUT2D eigenvalue weighted by atomic mass is 10.0. The molecule has 1 unspecified atom stereocenters. The second-order valence-corrected chi connectivity index (χ2v) is 7.14. The van der Waals surface area contributed by atoms with E-state index in [1.54, 1.807) is 11.9 Å². The zero-order valence-electron chi connectivity index (χ0n) is 11.6. The first-order valence-corrected chi connectivity index (χ1v) is 8.91. The highest BCUT2D eigenvalue weighted by Gasteiger charge is 2.17. The van der Waals surface area contributed by atoms with Crippen molar-refractivity contribution < 1.29 is 0 Å². The second-order valence-electron chi connectivity index (χ2n) is 5.16. The zero-order valence-corrected chi connectivity index (χ0v) is 14.0. The van der Waals surface area contributed by atoms with Gasteiger partial charge in [-0.25, -0.2) is 4.40 Å². The Morgan fingerprint density at radius 1 is 1.21 bits per heavy atom. The average Bonchev–Trinajstić information content (AvgIpc) is 2.45. The molecule has 0 amide bonds. The van der Waals surface area contributed by atoms with Gasteiger partial charge in [0.15, 0.2) is 0 Å². The molecule has 1 heterocycles. The third-order valence-electron chi connectivity index (χ3n) is 3.57. The smallest absolute Gasteiger partial charge is 0.0559 e. The molecule has 3 heteroatoms. The van der Waals surface area contributed by atoms with Gasteiger partial charge >= 0.3 is 0 Å². The fourth-order valence-electron chi connectivity index (χ4n) is 2.37. The van der Waals surface area contributed by atoms with Crippen molar-refractivity contribution in [3.63, 3.8) is 0 Å². The minimum Gasteiger partial charge on any atom is -0.220 e. The highest BCUT2D eigenvalue weighted by molar-refractivity contribution is 9.10. The normalized spacial score (nSPS) is 19.3. The number of nitrogens with zero attached hydrogens (tertiary/aromatic N) is 1. The van der Waals surface area contributed by atoms with E-state index in [4.69, 9.17) is 4.40 Å². The molecule has 0 fully saturated rings. The maximum atomic E-state index is 4.73. The van der Waals surface area contributed by atoms with Crippen LogP contribution < -0.4 is 0 Å². The molecule has 1 aromatic rings. The van der Waals surface area contributed by atoms with Gasteiger partial charge in [0.25, 0.3) is 0 Å². The summed E-state index contributed by atoms with van der Waals surface area (Å²) in [5.41, 5.74) is 2.54. The summed E-state index contributed by atoms with van der Waals surface area (Å²) < 4.78 is 5.86. The summed E-state index contributed by atoms with van der Waals surface area (Å²) in [7, 11) is 0. The molecule has 19 heavy (non-hydrogen) atoms. The number of benzene rings is 1. The van der Waals surface area contributed by atoms with Gasteiger partial charge in [-0.15, -0.1) is 0 Å². The minimum absolute atomic E-state index is 0.746. The van der Waals surface area contributed by atoms with E-state index < -0.39 is 0 Å².